The van der Waals surface area contributed by atoms with Crippen LogP contribution in [0.1, 0.15) is 36.5 Å². The number of nitrogens with one attached hydrogen (secondary N) is 2. The molecule has 0 heterocycles. The van der Waals surface area contributed by atoms with Crippen LogP contribution < -0.4 is 10.0 Å². The maximum atomic E-state index is 12.6. The van der Waals surface area contributed by atoms with E-state index in [1.165, 1.54) is 23.3 Å². The van der Waals surface area contributed by atoms with Crippen LogP contribution in [0.15, 0.2) is 47.4 Å². The number of rotatable bonds is 8. The molecular weight excluding hydrogens is 399 g/mol. The van der Waals surface area contributed by atoms with Crippen molar-refractivity contribution in [3.05, 3.63) is 59.2 Å². The highest BCUT2D eigenvalue weighted by Crippen LogP contribution is 2.26. The van der Waals surface area contributed by atoms with Gasteiger partial charge in [0.1, 0.15) is 0 Å². The predicted molar refractivity (Wildman–Crippen MR) is 115 cm³/mol. The maximum Gasteiger partial charge on any atom is 0.261 e. The van der Waals surface area contributed by atoms with Crippen molar-refractivity contribution in [3.8, 4) is 0 Å². The summed E-state index contributed by atoms with van der Waals surface area (Å²) in [6.45, 7) is 2.74. The van der Waals surface area contributed by atoms with Crippen molar-refractivity contribution >= 4 is 28.1 Å². The van der Waals surface area contributed by atoms with E-state index in [1.54, 1.807) is 12.1 Å². The lowest BCUT2D eigenvalue weighted by atomic mass is 9.88. The first-order chi connectivity index (χ1) is 13.0. The Labute approximate surface area is 173 Å². The molecule has 28 heavy (non-hydrogen) atoms. The summed E-state index contributed by atoms with van der Waals surface area (Å²) < 4.78 is 40.3. The van der Waals surface area contributed by atoms with Crippen molar-refractivity contribution in [2.45, 2.75) is 50.0 Å². The van der Waals surface area contributed by atoms with Gasteiger partial charge in [0.25, 0.3) is 10.0 Å². The van der Waals surface area contributed by atoms with E-state index in [1.807, 2.05) is 18.2 Å². The number of anilines is 1. The molecule has 2 N–H and O–H groups in total. The average Bonchev–Trinajstić information content (AvgIpc) is 2.66. The first-order valence-corrected chi connectivity index (χ1v) is 11.0. The van der Waals surface area contributed by atoms with Crippen LogP contribution in [0.4, 0.5) is 10.1 Å². The number of benzene rings is 2. The Hall–Kier alpha value is -1.63. The summed E-state index contributed by atoms with van der Waals surface area (Å²) in [4.78, 5) is 0.187. The van der Waals surface area contributed by atoms with E-state index < -0.39 is 16.7 Å². The van der Waals surface area contributed by atoms with Crippen LogP contribution in [0.3, 0.4) is 0 Å². The summed E-state index contributed by atoms with van der Waals surface area (Å²) >= 11 is 0. The molecule has 0 aromatic heterocycles. The van der Waals surface area contributed by atoms with Gasteiger partial charge in [-0.1, -0.05) is 25.1 Å². The summed E-state index contributed by atoms with van der Waals surface area (Å²) in [6.07, 6.45) is 4.42. The highest BCUT2D eigenvalue weighted by atomic mass is 35.5. The number of aryl methyl sites for hydroxylation is 2. The molecule has 1 aliphatic rings. The molecule has 154 valence electrons. The molecule has 0 aliphatic heterocycles. The molecule has 3 rings (SSSR count). The van der Waals surface area contributed by atoms with Gasteiger partial charge in [-0.05, 0) is 73.2 Å². The third kappa shape index (κ3) is 5.69. The molecule has 0 saturated heterocycles. The third-order valence-electron chi connectivity index (χ3n) is 4.99. The monoisotopic (exact) mass is 426 g/mol. The van der Waals surface area contributed by atoms with Gasteiger partial charge in [-0.2, -0.15) is 0 Å². The van der Waals surface area contributed by atoms with E-state index in [0.717, 1.165) is 37.8 Å². The molecule has 1 aliphatic carbocycles. The molecule has 0 unspecified atom stereocenters. The minimum Gasteiger partial charge on any atom is -0.314 e. The Balaban J connectivity index is 0.00000280. The van der Waals surface area contributed by atoms with Crippen LogP contribution in [-0.2, 0) is 29.3 Å². The summed E-state index contributed by atoms with van der Waals surface area (Å²) in [5.74, 6) is 0. The fourth-order valence-electron chi connectivity index (χ4n) is 3.50. The van der Waals surface area contributed by atoms with Gasteiger partial charge in [0.05, 0.1) is 11.6 Å². The quantitative estimate of drug-likeness (QED) is 0.662. The first-order valence-electron chi connectivity index (χ1n) is 9.54. The number of halogens is 2. The van der Waals surface area contributed by atoms with Gasteiger partial charge in [0, 0.05) is 18.2 Å². The molecule has 2 aromatic carbocycles. The molecule has 4 nitrogen and oxygen atoms in total. The Morgan fingerprint density at radius 1 is 1.11 bits per heavy atom. The van der Waals surface area contributed by atoms with E-state index in [0.29, 0.717) is 18.2 Å². The topological polar surface area (TPSA) is 58.2 Å². The number of hydrogen-bond donors (Lipinski definition) is 2. The first kappa shape index (κ1) is 22.7. The highest BCUT2D eigenvalue weighted by Gasteiger charge is 2.20. The van der Waals surface area contributed by atoms with Gasteiger partial charge < -0.3 is 5.32 Å². The number of fused-ring (bicyclic) bond motifs is 1. The van der Waals surface area contributed by atoms with Gasteiger partial charge in [-0.3, -0.25) is 9.11 Å². The minimum atomic E-state index is -3.65. The van der Waals surface area contributed by atoms with Crippen LogP contribution in [0.2, 0.25) is 0 Å². The molecule has 2 aromatic rings. The number of hydrogen-bond acceptors (Lipinski definition) is 3. The number of alkyl halides is 1. The lowest BCUT2D eigenvalue weighted by Crippen LogP contribution is -2.35. The van der Waals surface area contributed by atoms with Gasteiger partial charge >= 0.3 is 0 Å². The van der Waals surface area contributed by atoms with Crippen LogP contribution in [0, 0.1) is 0 Å². The summed E-state index contributed by atoms with van der Waals surface area (Å²) in [5, 5.41) is 3.57. The number of sulfonamides is 1. The van der Waals surface area contributed by atoms with Crippen molar-refractivity contribution < 1.29 is 12.8 Å². The predicted octanol–water partition coefficient (Wildman–Crippen LogP) is 4.28. The minimum absolute atomic E-state index is 0. The van der Waals surface area contributed by atoms with Crippen molar-refractivity contribution in [1.29, 1.82) is 0 Å². The van der Waals surface area contributed by atoms with Crippen LogP contribution in [0.5, 0.6) is 0 Å². The zero-order valence-electron chi connectivity index (χ0n) is 16.1. The standard InChI is InChI=1S/C21H27FN2O2S.ClH/c1-2-13-23-19-7-5-18-15-20(8-6-17(18)14-19)24-27(25,26)21-9-3-16(4-10-21)11-12-22;/h3-4,6,8-10,15,19,23-24H,2,5,7,11-14H2,1H3;1H/t19-;/m1./s1. The van der Waals surface area contributed by atoms with Crippen molar-refractivity contribution in [1.82, 2.24) is 5.32 Å². The van der Waals surface area contributed by atoms with Crippen molar-refractivity contribution in [3.63, 3.8) is 0 Å². The van der Waals surface area contributed by atoms with Crippen molar-refractivity contribution in [2.24, 2.45) is 0 Å². The maximum absolute atomic E-state index is 12.6. The van der Waals surface area contributed by atoms with Gasteiger partial charge in [-0.15, -0.1) is 12.4 Å². The molecule has 7 heteroatoms. The van der Waals surface area contributed by atoms with Crippen LogP contribution in [-0.4, -0.2) is 27.7 Å². The molecule has 0 bridgehead atoms. The summed E-state index contributed by atoms with van der Waals surface area (Å²) in [5.41, 5.74) is 3.87. The van der Waals surface area contributed by atoms with E-state index in [-0.39, 0.29) is 17.3 Å². The van der Waals surface area contributed by atoms with Gasteiger partial charge in [-0.25, -0.2) is 8.42 Å². The summed E-state index contributed by atoms with van der Waals surface area (Å²) in [6, 6.07) is 12.7. The molecule has 0 fully saturated rings. The van der Waals surface area contributed by atoms with Crippen LogP contribution >= 0.6 is 12.4 Å². The molecule has 0 radical (unpaired) electrons. The van der Waals surface area contributed by atoms with Gasteiger partial charge in [0.15, 0.2) is 0 Å². The Morgan fingerprint density at radius 3 is 2.54 bits per heavy atom. The second-order valence-corrected chi connectivity index (χ2v) is 8.75. The summed E-state index contributed by atoms with van der Waals surface area (Å²) in [7, 11) is -3.65. The Kier molecular flexibility index (Phi) is 8.28. The molecular formula is C21H28ClFN2O2S. The fraction of sp³-hybridized carbons (Fsp3) is 0.429. The fourth-order valence-corrected chi connectivity index (χ4v) is 4.55. The second-order valence-electron chi connectivity index (χ2n) is 7.07. The third-order valence-corrected chi connectivity index (χ3v) is 6.38. The molecule has 0 saturated carbocycles. The van der Waals surface area contributed by atoms with Crippen LogP contribution in [0.25, 0.3) is 0 Å². The zero-order chi connectivity index (χ0) is 19.3. The van der Waals surface area contributed by atoms with E-state index in [4.69, 9.17) is 0 Å². The van der Waals surface area contributed by atoms with Crippen molar-refractivity contribution in [2.75, 3.05) is 17.9 Å². The highest BCUT2D eigenvalue weighted by molar-refractivity contribution is 7.92. The normalized spacial score (nSPS) is 16.1. The zero-order valence-corrected chi connectivity index (χ0v) is 17.7. The van der Waals surface area contributed by atoms with E-state index in [9.17, 15) is 12.8 Å². The lowest BCUT2D eigenvalue weighted by Gasteiger charge is -2.26. The van der Waals surface area contributed by atoms with E-state index in [2.05, 4.69) is 17.0 Å². The smallest absolute Gasteiger partial charge is 0.261 e. The SMILES string of the molecule is CCCN[C@@H]1CCc2cc(NS(=O)(=O)c3ccc(CCF)cc3)ccc2C1.Cl. The molecule has 0 amide bonds. The molecule has 1 atom stereocenters. The molecule has 0 spiro atoms. The largest absolute Gasteiger partial charge is 0.314 e. The average molecular weight is 427 g/mol. The van der Waals surface area contributed by atoms with E-state index >= 15 is 0 Å². The Morgan fingerprint density at radius 2 is 1.86 bits per heavy atom. The lowest BCUT2D eigenvalue weighted by molar-refractivity contribution is 0.459. The Bertz CT molecular complexity index is 872. The van der Waals surface area contributed by atoms with Gasteiger partial charge in [0.2, 0.25) is 0 Å². The second kappa shape index (κ2) is 10.2.